The smallest absolute Gasteiger partial charge is 0.307 e. The van der Waals surface area contributed by atoms with E-state index in [4.69, 9.17) is 21.4 Å². The summed E-state index contributed by atoms with van der Waals surface area (Å²) in [6.45, 7) is 1.98. The first-order chi connectivity index (χ1) is 7.08. The van der Waals surface area contributed by atoms with Gasteiger partial charge in [0.15, 0.2) is 0 Å². The van der Waals surface area contributed by atoms with E-state index in [0.717, 1.165) is 12.0 Å². The number of methoxy groups -OCH3 is 1. The van der Waals surface area contributed by atoms with Crippen LogP contribution >= 0.6 is 11.6 Å². The molecular weight excluding hydrogens is 216 g/mol. The Kier molecular flexibility index (Phi) is 3.97. The maximum absolute atomic E-state index is 10.6. The number of carboxylic acid groups (broad SMARTS) is 1. The molecule has 0 fully saturated rings. The Morgan fingerprint density at radius 3 is 2.60 bits per heavy atom. The third-order valence-corrected chi connectivity index (χ3v) is 2.52. The zero-order valence-corrected chi connectivity index (χ0v) is 9.47. The van der Waals surface area contributed by atoms with Crippen LogP contribution in [0.3, 0.4) is 0 Å². The molecule has 82 valence electrons. The first-order valence-corrected chi connectivity index (χ1v) is 5.03. The number of ether oxygens (including phenoxy) is 1. The fourth-order valence-corrected chi connectivity index (χ4v) is 1.72. The lowest BCUT2D eigenvalue weighted by molar-refractivity contribution is -0.136. The molecule has 0 unspecified atom stereocenters. The van der Waals surface area contributed by atoms with Crippen molar-refractivity contribution in [1.82, 2.24) is 0 Å². The molecule has 0 heterocycles. The van der Waals surface area contributed by atoms with E-state index in [0.29, 0.717) is 16.3 Å². The van der Waals surface area contributed by atoms with E-state index in [2.05, 4.69) is 0 Å². The second kappa shape index (κ2) is 5.03. The second-order valence-corrected chi connectivity index (χ2v) is 3.59. The molecule has 0 bridgehead atoms. The lowest BCUT2D eigenvalue weighted by Crippen LogP contribution is -2.03. The zero-order valence-electron chi connectivity index (χ0n) is 8.71. The Morgan fingerprint density at radius 2 is 2.13 bits per heavy atom. The topological polar surface area (TPSA) is 46.5 Å². The predicted molar refractivity (Wildman–Crippen MR) is 58.7 cm³/mol. The molecule has 4 heteroatoms. The number of hydrogen-bond acceptors (Lipinski definition) is 2. The average Bonchev–Trinajstić information content (AvgIpc) is 2.17. The molecule has 0 atom stereocenters. The van der Waals surface area contributed by atoms with Crippen LogP contribution in [0.25, 0.3) is 0 Å². The number of aliphatic carboxylic acids is 1. The summed E-state index contributed by atoms with van der Waals surface area (Å²) in [4.78, 5) is 10.6. The van der Waals surface area contributed by atoms with Crippen molar-refractivity contribution in [3.63, 3.8) is 0 Å². The van der Waals surface area contributed by atoms with Gasteiger partial charge in [-0.2, -0.15) is 0 Å². The van der Waals surface area contributed by atoms with Crippen molar-refractivity contribution in [2.75, 3.05) is 7.11 Å². The van der Waals surface area contributed by atoms with Crippen LogP contribution in [0.2, 0.25) is 5.02 Å². The number of halogens is 1. The van der Waals surface area contributed by atoms with Crippen molar-refractivity contribution < 1.29 is 14.6 Å². The van der Waals surface area contributed by atoms with E-state index >= 15 is 0 Å². The molecule has 0 spiro atoms. The minimum absolute atomic E-state index is 0.0765. The molecule has 0 aliphatic heterocycles. The van der Waals surface area contributed by atoms with Gasteiger partial charge in [0.05, 0.1) is 13.5 Å². The van der Waals surface area contributed by atoms with Crippen LogP contribution in [-0.2, 0) is 17.6 Å². The number of rotatable bonds is 4. The fourth-order valence-electron chi connectivity index (χ4n) is 1.40. The first kappa shape index (κ1) is 11.9. The van der Waals surface area contributed by atoms with Gasteiger partial charge in [0.25, 0.3) is 0 Å². The number of carboxylic acids is 1. The fraction of sp³-hybridized carbons (Fsp3) is 0.364. The van der Waals surface area contributed by atoms with Crippen molar-refractivity contribution in [2.45, 2.75) is 19.8 Å². The van der Waals surface area contributed by atoms with Gasteiger partial charge in [0.1, 0.15) is 5.75 Å². The minimum Gasteiger partial charge on any atom is -0.496 e. The van der Waals surface area contributed by atoms with Crippen molar-refractivity contribution in [2.24, 2.45) is 0 Å². The number of aryl methyl sites for hydroxylation is 1. The third-order valence-electron chi connectivity index (χ3n) is 2.17. The number of carbonyl (C=O) groups is 1. The van der Waals surface area contributed by atoms with Crippen LogP contribution in [0, 0.1) is 0 Å². The summed E-state index contributed by atoms with van der Waals surface area (Å²) in [5.41, 5.74) is 1.56. The van der Waals surface area contributed by atoms with Crippen molar-refractivity contribution >= 4 is 17.6 Å². The Balaban J connectivity index is 3.15. The van der Waals surface area contributed by atoms with Gasteiger partial charge in [-0.3, -0.25) is 4.79 Å². The summed E-state index contributed by atoms with van der Waals surface area (Å²) in [5.74, 6) is -0.313. The summed E-state index contributed by atoms with van der Waals surface area (Å²) >= 11 is 5.99. The van der Waals surface area contributed by atoms with Gasteiger partial charge >= 0.3 is 5.97 Å². The van der Waals surface area contributed by atoms with E-state index in [1.165, 1.54) is 7.11 Å². The highest BCUT2D eigenvalue weighted by atomic mass is 35.5. The van der Waals surface area contributed by atoms with Crippen molar-refractivity contribution in [3.05, 3.63) is 28.3 Å². The van der Waals surface area contributed by atoms with Gasteiger partial charge in [-0.05, 0) is 24.1 Å². The Bertz CT molecular complexity index is 374. The average molecular weight is 229 g/mol. The molecular formula is C11H13ClO3. The van der Waals surface area contributed by atoms with Crippen LogP contribution in [0.1, 0.15) is 18.1 Å². The minimum atomic E-state index is -0.895. The Hall–Kier alpha value is -1.22. The largest absolute Gasteiger partial charge is 0.496 e. The standard InChI is InChI=1S/C11H13ClO3/c1-3-7-5-10(15-2)8(4-9(7)12)6-11(13)14/h4-5H,3,6H2,1-2H3,(H,13,14). The lowest BCUT2D eigenvalue weighted by atomic mass is 10.1. The Morgan fingerprint density at radius 1 is 1.47 bits per heavy atom. The maximum Gasteiger partial charge on any atom is 0.307 e. The summed E-state index contributed by atoms with van der Waals surface area (Å²) in [5, 5.41) is 9.30. The maximum atomic E-state index is 10.6. The normalized spacial score (nSPS) is 10.1. The summed E-state index contributed by atoms with van der Waals surface area (Å²) in [6, 6.07) is 3.45. The molecule has 0 amide bonds. The molecule has 1 N–H and O–H groups in total. The molecule has 1 aromatic carbocycles. The quantitative estimate of drug-likeness (QED) is 0.862. The first-order valence-electron chi connectivity index (χ1n) is 4.65. The molecule has 1 rings (SSSR count). The van der Waals surface area contributed by atoms with E-state index in [1.807, 2.05) is 6.92 Å². The molecule has 0 radical (unpaired) electrons. The molecule has 0 aliphatic carbocycles. The second-order valence-electron chi connectivity index (χ2n) is 3.18. The van der Waals surface area contributed by atoms with Gasteiger partial charge < -0.3 is 9.84 Å². The van der Waals surface area contributed by atoms with Gasteiger partial charge in [0.2, 0.25) is 0 Å². The van der Waals surface area contributed by atoms with Crippen molar-refractivity contribution in [3.8, 4) is 5.75 Å². The summed E-state index contributed by atoms with van der Waals surface area (Å²) < 4.78 is 5.12. The lowest BCUT2D eigenvalue weighted by Gasteiger charge is -2.10. The van der Waals surface area contributed by atoms with E-state index < -0.39 is 5.97 Å². The van der Waals surface area contributed by atoms with Crippen LogP contribution in [-0.4, -0.2) is 18.2 Å². The summed E-state index contributed by atoms with van der Waals surface area (Å²) in [7, 11) is 1.52. The highest BCUT2D eigenvalue weighted by molar-refractivity contribution is 6.31. The SMILES string of the molecule is CCc1cc(OC)c(CC(=O)O)cc1Cl. The van der Waals surface area contributed by atoms with Gasteiger partial charge in [-0.25, -0.2) is 0 Å². The van der Waals surface area contributed by atoms with E-state index in [1.54, 1.807) is 12.1 Å². The third kappa shape index (κ3) is 2.86. The van der Waals surface area contributed by atoms with E-state index in [9.17, 15) is 4.79 Å². The molecule has 1 aromatic rings. The van der Waals surface area contributed by atoms with E-state index in [-0.39, 0.29) is 6.42 Å². The number of hydrogen-bond donors (Lipinski definition) is 1. The molecule has 0 saturated heterocycles. The highest BCUT2D eigenvalue weighted by Crippen LogP contribution is 2.27. The van der Waals surface area contributed by atoms with Crippen LogP contribution in [0.4, 0.5) is 0 Å². The van der Waals surface area contributed by atoms with Crippen molar-refractivity contribution in [1.29, 1.82) is 0 Å². The molecule has 3 nitrogen and oxygen atoms in total. The molecule has 0 saturated carbocycles. The predicted octanol–water partition coefficient (Wildman–Crippen LogP) is 2.54. The highest BCUT2D eigenvalue weighted by Gasteiger charge is 2.11. The van der Waals surface area contributed by atoms with Gasteiger partial charge in [-0.1, -0.05) is 18.5 Å². The number of benzene rings is 1. The summed E-state index contributed by atoms with van der Waals surface area (Å²) in [6.07, 6.45) is 0.718. The molecule has 15 heavy (non-hydrogen) atoms. The van der Waals surface area contributed by atoms with Crippen LogP contribution < -0.4 is 4.74 Å². The zero-order chi connectivity index (χ0) is 11.4. The monoisotopic (exact) mass is 228 g/mol. The van der Waals surface area contributed by atoms with Crippen LogP contribution in [0.15, 0.2) is 12.1 Å². The van der Waals surface area contributed by atoms with Crippen LogP contribution in [0.5, 0.6) is 5.75 Å². The molecule has 0 aliphatic rings. The Labute approximate surface area is 93.6 Å². The van der Waals surface area contributed by atoms with Gasteiger partial charge in [-0.15, -0.1) is 0 Å². The van der Waals surface area contributed by atoms with Gasteiger partial charge in [0, 0.05) is 10.6 Å². The molecule has 0 aromatic heterocycles.